The fourth-order valence-electron chi connectivity index (χ4n) is 2.03. The quantitative estimate of drug-likeness (QED) is 0.566. The van der Waals surface area contributed by atoms with Crippen LogP contribution in [0.1, 0.15) is 0 Å². The zero-order valence-corrected chi connectivity index (χ0v) is 9.54. The summed E-state index contributed by atoms with van der Waals surface area (Å²) in [6.07, 6.45) is 0. The molecule has 0 spiro atoms. The standard InChI is InChI=1S/C13H12N4O/c14-8-5-6-11(12(18)7-8)17-10-4-2-1-3-9(10)16-13(17)15/h1-7,18H,14H2,(H2,15,16). The largest absolute Gasteiger partial charge is 0.506 e. The van der Waals surface area contributed by atoms with Gasteiger partial charge in [0.1, 0.15) is 5.75 Å². The number of aromatic nitrogens is 2. The van der Waals surface area contributed by atoms with E-state index in [9.17, 15) is 5.11 Å². The molecule has 0 aliphatic carbocycles. The van der Waals surface area contributed by atoms with Gasteiger partial charge in [-0.2, -0.15) is 0 Å². The number of hydrogen-bond donors (Lipinski definition) is 3. The van der Waals surface area contributed by atoms with E-state index < -0.39 is 0 Å². The van der Waals surface area contributed by atoms with Crippen LogP contribution in [0.15, 0.2) is 42.5 Å². The van der Waals surface area contributed by atoms with Crippen LogP contribution in [-0.2, 0) is 0 Å². The third-order valence-electron chi connectivity index (χ3n) is 2.83. The number of rotatable bonds is 1. The number of nitrogen functional groups attached to an aromatic ring is 2. The first kappa shape index (κ1) is 10.5. The van der Waals surface area contributed by atoms with E-state index in [2.05, 4.69) is 4.98 Å². The summed E-state index contributed by atoms with van der Waals surface area (Å²) in [5.74, 6) is 0.404. The molecule has 1 aromatic heterocycles. The summed E-state index contributed by atoms with van der Waals surface area (Å²) < 4.78 is 1.70. The van der Waals surface area contributed by atoms with E-state index in [1.165, 1.54) is 6.07 Å². The Balaban J connectivity index is 2.34. The summed E-state index contributed by atoms with van der Waals surface area (Å²) in [5, 5.41) is 9.96. The van der Waals surface area contributed by atoms with E-state index in [0.29, 0.717) is 17.3 Å². The summed E-state index contributed by atoms with van der Waals surface area (Å²) in [6, 6.07) is 12.5. The van der Waals surface area contributed by atoms with E-state index in [0.717, 1.165) is 11.0 Å². The van der Waals surface area contributed by atoms with Gasteiger partial charge in [0.05, 0.1) is 16.7 Å². The number of anilines is 2. The molecule has 5 nitrogen and oxygen atoms in total. The minimum Gasteiger partial charge on any atom is -0.506 e. The molecule has 0 radical (unpaired) electrons. The number of fused-ring (bicyclic) bond motifs is 1. The first-order chi connectivity index (χ1) is 8.66. The molecule has 0 aliphatic rings. The van der Waals surface area contributed by atoms with E-state index >= 15 is 0 Å². The highest BCUT2D eigenvalue weighted by molar-refractivity contribution is 5.81. The van der Waals surface area contributed by atoms with Crippen molar-refractivity contribution in [3.05, 3.63) is 42.5 Å². The van der Waals surface area contributed by atoms with E-state index in [1.54, 1.807) is 16.7 Å². The summed E-state index contributed by atoms with van der Waals surface area (Å²) in [5.41, 5.74) is 14.2. The highest BCUT2D eigenvalue weighted by Gasteiger charge is 2.12. The molecule has 3 aromatic rings. The van der Waals surface area contributed by atoms with Crippen LogP contribution in [0.25, 0.3) is 16.7 Å². The molecule has 0 saturated carbocycles. The lowest BCUT2D eigenvalue weighted by molar-refractivity contribution is 0.473. The Morgan fingerprint density at radius 2 is 1.83 bits per heavy atom. The molecule has 0 aliphatic heterocycles. The summed E-state index contributed by atoms with van der Waals surface area (Å²) in [4.78, 5) is 4.25. The van der Waals surface area contributed by atoms with Gasteiger partial charge in [-0.25, -0.2) is 4.98 Å². The number of nitrogens with zero attached hydrogens (tertiary/aromatic N) is 2. The van der Waals surface area contributed by atoms with Crippen LogP contribution in [0, 0.1) is 0 Å². The minimum absolute atomic E-state index is 0.0739. The molecule has 1 heterocycles. The Bertz CT molecular complexity index is 733. The molecule has 0 saturated heterocycles. The van der Waals surface area contributed by atoms with Gasteiger partial charge in [0.25, 0.3) is 0 Å². The zero-order chi connectivity index (χ0) is 12.7. The van der Waals surface area contributed by atoms with Crippen molar-refractivity contribution in [1.29, 1.82) is 0 Å². The van der Waals surface area contributed by atoms with Gasteiger partial charge >= 0.3 is 0 Å². The number of phenolic OH excluding ortho intramolecular Hbond substituents is 1. The molecule has 0 amide bonds. The molecule has 18 heavy (non-hydrogen) atoms. The van der Waals surface area contributed by atoms with Gasteiger partial charge in [0.2, 0.25) is 5.95 Å². The van der Waals surface area contributed by atoms with E-state index in [1.807, 2.05) is 24.3 Å². The van der Waals surface area contributed by atoms with Crippen molar-refractivity contribution in [3.8, 4) is 11.4 Å². The van der Waals surface area contributed by atoms with Crippen molar-refractivity contribution >= 4 is 22.7 Å². The van der Waals surface area contributed by atoms with Gasteiger partial charge in [-0.15, -0.1) is 0 Å². The maximum absolute atomic E-state index is 9.96. The second kappa shape index (κ2) is 3.66. The Morgan fingerprint density at radius 3 is 2.61 bits per heavy atom. The summed E-state index contributed by atoms with van der Waals surface area (Å²) in [7, 11) is 0. The highest BCUT2D eigenvalue weighted by Crippen LogP contribution is 2.29. The van der Waals surface area contributed by atoms with Gasteiger partial charge in [-0.3, -0.25) is 4.57 Å². The third kappa shape index (κ3) is 1.45. The third-order valence-corrected chi connectivity index (χ3v) is 2.83. The summed E-state index contributed by atoms with van der Waals surface area (Å²) >= 11 is 0. The first-order valence-corrected chi connectivity index (χ1v) is 5.48. The summed E-state index contributed by atoms with van der Waals surface area (Å²) in [6.45, 7) is 0. The van der Waals surface area contributed by atoms with Crippen LogP contribution in [0.5, 0.6) is 5.75 Å². The maximum atomic E-state index is 9.96. The predicted molar refractivity (Wildman–Crippen MR) is 71.6 cm³/mol. The lowest BCUT2D eigenvalue weighted by atomic mass is 10.2. The first-order valence-electron chi connectivity index (χ1n) is 5.48. The normalized spacial score (nSPS) is 10.9. The average Bonchev–Trinajstić information content (AvgIpc) is 2.66. The van der Waals surface area contributed by atoms with Crippen molar-refractivity contribution in [2.75, 3.05) is 11.5 Å². The Labute approximate surface area is 103 Å². The molecule has 90 valence electrons. The second-order valence-electron chi connectivity index (χ2n) is 4.04. The van der Waals surface area contributed by atoms with Crippen LogP contribution in [0.2, 0.25) is 0 Å². The van der Waals surface area contributed by atoms with E-state index in [-0.39, 0.29) is 5.75 Å². The van der Waals surface area contributed by atoms with Gasteiger partial charge in [-0.05, 0) is 24.3 Å². The number of phenols is 1. The van der Waals surface area contributed by atoms with Gasteiger partial charge in [0, 0.05) is 11.8 Å². The molecule has 2 aromatic carbocycles. The van der Waals surface area contributed by atoms with Crippen molar-refractivity contribution in [3.63, 3.8) is 0 Å². The second-order valence-corrected chi connectivity index (χ2v) is 4.04. The van der Waals surface area contributed by atoms with E-state index in [4.69, 9.17) is 11.5 Å². The fraction of sp³-hybridized carbons (Fsp3) is 0. The molecule has 0 bridgehead atoms. The van der Waals surface area contributed by atoms with Gasteiger partial charge in [0.15, 0.2) is 0 Å². The molecule has 5 heteroatoms. The number of nitrogens with two attached hydrogens (primary N) is 2. The van der Waals surface area contributed by atoms with Crippen LogP contribution >= 0.6 is 0 Å². The monoisotopic (exact) mass is 240 g/mol. The average molecular weight is 240 g/mol. The Kier molecular flexibility index (Phi) is 2.13. The number of para-hydroxylation sites is 2. The molecule has 3 rings (SSSR count). The molecule has 5 N–H and O–H groups in total. The van der Waals surface area contributed by atoms with Crippen LogP contribution < -0.4 is 11.5 Å². The van der Waals surface area contributed by atoms with Crippen molar-refractivity contribution in [2.45, 2.75) is 0 Å². The molecular formula is C13H12N4O. The minimum atomic E-state index is 0.0739. The number of aromatic hydroxyl groups is 1. The van der Waals surface area contributed by atoms with Crippen LogP contribution in [0.4, 0.5) is 11.6 Å². The fourth-order valence-corrected chi connectivity index (χ4v) is 2.03. The lowest BCUT2D eigenvalue weighted by Crippen LogP contribution is -2.01. The smallest absolute Gasteiger partial charge is 0.206 e. The predicted octanol–water partition coefficient (Wildman–Crippen LogP) is 1.90. The molecule has 0 atom stereocenters. The number of imidazole rings is 1. The van der Waals surface area contributed by atoms with Crippen LogP contribution in [0.3, 0.4) is 0 Å². The van der Waals surface area contributed by atoms with Gasteiger partial charge in [-0.1, -0.05) is 12.1 Å². The van der Waals surface area contributed by atoms with Gasteiger partial charge < -0.3 is 16.6 Å². The van der Waals surface area contributed by atoms with Crippen LogP contribution in [-0.4, -0.2) is 14.7 Å². The molecule has 0 unspecified atom stereocenters. The molecular weight excluding hydrogens is 228 g/mol. The number of hydrogen-bond acceptors (Lipinski definition) is 4. The highest BCUT2D eigenvalue weighted by atomic mass is 16.3. The lowest BCUT2D eigenvalue weighted by Gasteiger charge is -2.09. The maximum Gasteiger partial charge on any atom is 0.206 e. The topological polar surface area (TPSA) is 90.1 Å². The SMILES string of the molecule is Nc1ccc(-n2c(N)nc3ccccc32)c(O)c1. The Morgan fingerprint density at radius 1 is 1.06 bits per heavy atom. The molecule has 0 fully saturated rings. The number of benzene rings is 2. The van der Waals surface area contributed by atoms with Crippen molar-refractivity contribution < 1.29 is 5.11 Å². The zero-order valence-electron chi connectivity index (χ0n) is 9.54. The Hall–Kier alpha value is -2.69. The van der Waals surface area contributed by atoms with Crippen molar-refractivity contribution in [2.24, 2.45) is 0 Å². The van der Waals surface area contributed by atoms with Crippen molar-refractivity contribution in [1.82, 2.24) is 9.55 Å².